The Bertz CT molecular complexity index is 217. The van der Waals surface area contributed by atoms with Crippen LogP contribution in [0.25, 0.3) is 0 Å². The Morgan fingerprint density at radius 3 is 1.06 bits per heavy atom. The molecule has 0 bridgehead atoms. The first kappa shape index (κ1) is 16.5. The molecule has 2 aliphatic rings. The first-order valence-corrected chi connectivity index (χ1v) is 6.07. The predicted octanol–water partition coefficient (Wildman–Crippen LogP) is 2.52. The second-order valence-electron chi connectivity index (χ2n) is 4.64. The van der Waals surface area contributed by atoms with E-state index in [9.17, 15) is 9.59 Å². The van der Waals surface area contributed by atoms with E-state index in [-0.39, 0.29) is 28.9 Å². The second kappa shape index (κ2) is 8.54. The first-order valence-electron chi connectivity index (χ1n) is 6.07. The van der Waals surface area contributed by atoms with Gasteiger partial charge >= 0.3 is 11.9 Å². The van der Waals surface area contributed by atoms with Crippen molar-refractivity contribution in [3.05, 3.63) is 0 Å². The fourth-order valence-electron chi connectivity index (χ4n) is 2.35. The summed E-state index contributed by atoms with van der Waals surface area (Å²) in [6.07, 6.45) is 8.02. The van der Waals surface area contributed by atoms with E-state index in [1.807, 2.05) is 0 Å². The van der Waals surface area contributed by atoms with Gasteiger partial charge in [0.15, 0.2) is 0 Å². The normalized spacial score (nSPS) is 20.2. The number of carboxylic acids is 2. The summed E-state index contributed by atoms with van der Waals surface area (Å²) in [5.74, 6) is -1.25. The van der Waals surface area contributed by atoms with Crippen molar-refractivity contribution in [1.82, 2.24) is 0 Å². The topological polar surface area (TPSA) is 74.6 Å². The molecule has 5 heteroatoms. The van der Waals surface area contributed by atoms with Crippen LogP contribution in [-0.2, 0) is 26.7 Å². The van der Waals surface area contributed by atoms with E-state index in [4.69, 9.17) is 10.2 Å². The summed E-state index contributed by atoms with van der Waals surface area (Å²) >= 11 is 0. The van der Waals surface area contributed by atoms with Crippen LogP contribution in [0.4, 0.5) is 0 Å². The van der Waals surface area contributed by atoms with Crippen LogP contribution in [0.1, 0.15) is 51.4 Å². The molecular weight excluding hydrogens is 264 g/mol. The summed E-state index contributed by atoms with van der Waals surface area (Å²) in [5, 5.41) is 16.8. The molecule has 0 atom stereocenters. The van der Waals surface area contributed by atoms with Gasteiger partial charge in [-0.1, -0.05) is 25.7 Å². The molecule has 0 aromatic rings. The fourth-order valence-corrected chi connectivity index (χ4v) is 2.35. The average Bonchev–Trinajstić information content (AvgIpc) is 2.93. The van der Waals surface area contributed by atoms with Crippen molar-refractivity contribution in [3.8, 4) is 0 Å². The van der Waals surface area contributed by atoms with Crippen molar-refractivity contribution in [1.29, 1.82) is 0 Å². The Kier molecular flexibility index (Phi) is 8.26. The molecule has 0 radical (unpaired) electrons. The Hall–Kier alpha value is -0.541. The molecule has 2 N–H and O–H groups in total. The van der Waals surface area contributed by atoms with Crippen molar-refractivity contribution < 1.29 is 36.9 Å². The third-order valence-corrected chi connectivity index (χ3v) is 3.41. The van der Waals surface area contributed by atoms with Gasteiger partial charge in [-0.3, -0.25) is 9.59 Å². The summed E-state index contributed by atoms with van der Waals surface area (Å²) in [6, 6.07) is 0. The summed E-state index contributed by atoms with van der Waals surface area (Å²) in [7, 11) is 0. The maximum absolute atomic E-state index is 10.2. The predicted molar refractivity (Wildman–Crippen MR) is 59.2 cm³/mol. The van der Waals surface area contributed by atoms with Crippen LogP contribution in [0, 0.1) is 11.8 Å². The molecule has 0 aromatic carbocycles. The smallest absolute Gasteiger partial charge is 0.306 e. The molecule has 17 heavy (non-hydrogen) atoms. The molecule has 0 aliphatic heterocycles. The van der Waals surface area contributed by atoms with Crippen LogP contribution in [0.5, 0.6) is 0 Å². The minimum atomic E-state index is -0.609. The van der Waals surface area contributed by atoms with Crippen LogP contribution in [-0.4, -0.2) is 22.2 Å². The van der Waals surface area contributed by atoms with Crippen molar-refractivity contribution in [3.63, 3.8) is 0 Å². The zero-order valence-electron chi connectivity index (χ0n) is 9.88. The third kappa shape index (κ3) is 6.08. The summed E-state index contributed by atoms with van der Waals surface area (Å²) in [4.78, 5) is 20.4. The quantitative estimate of drug-likeness (QED) is 0.764. The van der Waals surface area contributed by atoms with E-state index in [2.05, 4.69) is 0 Å². The standard InChI is InChI=1S/2C6H10O2.Fe/c2*7-6(8)5-3-1-2-4-5;/h2*5H,1-4H2,(H,7,8);. The number of rotatable bonds is 2. The molecule has 0 amide bonds. The number of hydrogen-bond acceptors (Lipinski definition) is 2. The molecule has 0 heterocycles. The number of aliphatic carboxylic acids is 2. The molecule has 2 rings (SSSR count). The zero-order chi connectivity index (χ0) is 12.0. The number of carbonyl (C=O) groups is 2. The van der Waals surface area contributed by atoms with Gasteiger partial charge < -0.3 is 10.2 Å². The van der Waals surface area contributed by atoms with E-state index in [1.54, 1.807) is 0 Å². The van der Waals surface area contributed by atoms with Crippen LogP contribution in [0.3, 0.4) is 0 Å². The minimum Gasteiger partial charge on any atom is -0.481 e. The average molecular weight is 284 g/mol. The van der Waals surface area contributed by atoms with Gasteiger partial charge in [-0.25, -0.2) is 0 Å². The molecule has 2 aliphatic carbocycles. The number of carboxylic acid groups (broad SMARTS) is 2. The van der Waals surface area contributed by atoms with Gasteiger partial charge in [0.25, 0.3) is 0 Å². The van der Waals surface area contributed by atoms with Crippen LogP contribution < -0.4 is 0 Å². The van der Waals surface area contributed by atoms with Crippen LogP contribution >= 0.6 is 0 Å². The van der Waals surface area contributed by atoms with E-state index in [1.165, 1.54) is 0 Å². The monoisotopic (exact) mass is 284 g/mol. The van der Waals surface area contributed by atoms with Gasteiger partial charge in [0.05, 0.1) is 11.8 Å². The molecule has 0 aromatic heterocycles. The first-order chi connectivity index (χ1) is 7.61. The molecule has 0 spiro atoms. The molecule has 0 saturated heterocycles. The van der Waals surface area contributed by atoms with Crippen molar-refractivity contribution in [2.45, 2.75) is 51.4 Å². The Morgan fingerprint density at radius 1 is 0.706 bits per heavy atom. The van der Waals surface area contributed by atoms with Gasteiger partial charge in [-0.15, -0.1) is 0 Å². The SMILES string of the molecule is O=C(O)C1CCCC1.O=C(O)C1CCCC1.[Fe]. The minimum absolute atomic E-state index is 0. The molecule has 2 fully saturated rings. The van der Waals surface area contributed by atoms with Gasteiger partial charge in [0.2, 0.25) is 0 Å². The van der Waals surface area contributed by atoms with Crippen LogP contribution in [0.2, 0.25) is 0 Å². The van der Waals surface area contributed by atoms with Crippen molar-refractivity contribution in [2.24, 2.45) is 11.8 Å². The van der Waals surface area contributed by atoms with Crippen LogP contribution in [0.15, 0.2) is 0 Å². The maximum Gasteiger partial charge on any atom is 0.306 e. The van der Waals surface area contributed by atoms with Gasteiger partial charge in [0.1, 0.15) is 0 Å². The van der Waals surface area contributed by atoms with E-state index in [0.29, 0.717) is 0 Å². The largest absolute Gasteiger partial charge is 0.481 e. The van der Waals surface area contributed by atoms with Crippen molar-refractivity contribution in [2.75, 3.05) is 0 Å². The molecule has 100 valence electrons. The number of hydrogen-bond donors (Lipinski definition) is 2. The Balaban J connectivity index is 0.000000284. The molecule has 2 saturated carbocycles. The van der Waals surface area contributed by atoms with E-state index >= 15 is 0 Å². The van der Waals surface area contributed by atoms with Crippen molar-refractivity contribution >= 4 is 11.9 Å². The maximum atomic E-state index is 10.2. The molecular formula is C12H20FeO4. The molecule has 0 unspecified atom stereocenters. The summed E-state index contributed by atoms with van der Waals surface area (Å²) in [5.41, 5.74) is 0. The van der Waals surface area contributed by atoms with Gasteiger partial charge in [-0.05, 0) is 25.7 Å². The third-order valence-electron chi connectivity index (χ3n) is 3.41. The van der Waals surface area contributed by atoms with E-state index in [0.717, 1.165) is 51.4 Å². The summed E-state index contributed by atoms with van der Waals surface area (Å²) < 4.78 is 0. The van der Waals surface area contributed by atoms with Gasteiger partial charge in [0, 0.05) is 17.1 Å². The second-order valence-corrected chi connectivity index (χ2v) is 4.64. The Labute approximate surface area is 112 Å². The zero-order valence-corrected chi connectivity index (χ0v) is 11.0. The van der Waals surface area contributed by atoms with Gasteiger partial charge in [-0.2, -0.15) is 0 Å². The Morgan fingerprint density at radius 2 is 0.941 bits per heavy atom. The fraction of sp³-hybridized carbons (Fsp3) is 0.833. The summed E-state index contributed by atoms with van der Waals surface area (Å²) in [6.45, 7) is 0. The van der Waals surface area contributed by atoms with E-state index < -0.39 is 11.9 Å². The molecule has 4 nitrogen and oxygen atoms in total.